The number of nitrogens with one attached hydrogen (secondary N) is 1. The molecule has 29 heavy (non-hydrogen) atoms. The van der Waals surface area contributed by atoms with Crippen molar-refractivity contribution in [2.24, 2.45) is 11.1 Å². The smallest absolute Gasteiger partial charge is 0.248 e. The number of nitriles is 1. The molecule has 10 nitrogen and oxygen atoms in total. The number of aromatic nitrogens is 4. The number of primary amides is 1. The summed E-state index contributed by atoms with van der Waals surface area (Å²) in [6.45, 7) is 2.28. The Labute approximate surface area is 167 Å². The average molecular weight is 394 g/mol. The molecule has 3 N–H and O–H groups in total. The predicted molar refractivity (Wildman–Crippen MR) is 104 cm³/mol. The zero-order valence-electron chi connectivity index (χ0n) is 16.1. The lowest BCUT2D eigenvalue weighted by atomic mass is 9.76. The number of amides is 2. The maximum atomic E-state index is 12.7. The Bertz CT molecular complexity index is 1010. The van der Waals surface area contributed by atoms with Gasteiger partial charge in [-0.1, -0.05) is 6.92 Å². The van der Waals surface area contributed by atoms with Crippen molar-refractivity contribution in [1.82, 2.24) is 19.7 Å². The lowest BCUT2D eigenvalue weighted by Gasteiger charge is -2.38. The molecule has 3 heterocycles. The highest BCUT2D eigenvalue weighted by Gasteiger charge is 2.47. The van der Waals surface area contributed by atoms with E-state index in [0.29, 0.717) is 49.7 Å². The number of nitrogens with zero attached hydrogens (tertiary/aromatic N) is 6. The van der Waals surface area contributed by atoms with Crippen LogP contribution in [0.4, 0.5) is 17.5 Å². The Morgan fingerprint density at radius 1 is 1.41 bits per heavy atom. The number of hydrogen-bond donors (Lipinski definition) is 2. The molecule has 1 aliphatic carbocycles. The second kappa shape index (κ2) is 6.84. The van der Waals surface area contributed by atoms with Crippen molar-refractivity contribution in [3.05, 3.63) is 24.7 Å². The Balaban J connectivity index is 1.53. The summed E-state index contributed by atoms with van der Waals surface area (Å²) in [5.74, 6) is 0.120. The van der Waals surface area contributed by atoms with Gasteiger partial charge in [-0.25, -0.2) is 4.98 Å². The minimum atomic E-state index is -0.981. The molecule has 1 saturated carbocycles. The summed E-state index contributed by atoms with van der Waals surface area (Å²) in [7, 11) is 0. The van der Waals surface area contributed by atoms with Crippen LogP contribution in [0.1, 0.15) is 39.0 Å². The summed E-state index contributed by atoms with van der Waals surface area (Å²) >= 11 is 0. The third kappa shape index (κ3) is 2.90. The number of anilines is 3. The molecule has 1 atom stereocenters. The highest BCUT2D eigenvalue weighted by Crippen LogP contribution is 2.39. The maximum absolute atomic E-state index is 12.7. The minimum Gasteiger partial charge on any atom is -0.368 e. The zero-order valence-corrected chi connectivity index (χ0v) is 16.1. The first-order valence-corrected chi connectivity index (χ1v) is 9.62. The van der Waals surface area contributed by atoms with Gasteiger partial charge in [0.1, 0.15) is 16.8 Å². The molecule has 150 valence electrons. The van der Waals surface area contributed by atoms with E-state index in [9.17, 15) is 14.9 Å². The van der Waals surface area contributed by atoms with Crippen molar-refractivity contribution in [2.45, 2.75) is 44.6 Å². The first-order chi connectivity index (χ1) is 13.9. The van der Waals surface area contributed by atoms with Crippen molar-refractivity contribution in [2.75, 3.05) is 16.8 Å². The highest BCUT2D eigenvalue weighted by atomic mass is 16.2. The summed E-state index contributed by atoms with van der Waals surface area (Å²) in [5.41, 5.74) is 4.44. The van der Waals surface area contributed by atoms with Gasteiger partial charge in [0.25, 0.3) is 0 Å². The second-order valence-corrected chi connectivity index (χ2v) is 7.54. The minimum absolute atomic E-state index is 0.228. The van der Waals surface area contributed by atoms with Gasteiger partial charge >= 0.3 is 0 Å². The average Bonchev–Trinajstić information content (AvgIpc) is 3.26. The number of nitrogens with two attached hydrogens (primary N) is 1. The molecule has 2 aromatic rings. The summed E-state index contributed by atoms with van der Waals surface area (Å²) in [6, 6.07) is 3.81. The van der Waals surface area contributed by atoms with E-state index in [1.54, 1.807) is 29.3 Å². The van der Waals surface area contributed by atoms with Gasteiger partial charge in [0.2, 0.25) is 17.8 Å². The second-order valence-electron chi connectivity index (χ2n) is 7.54. The standard InChI is InChI=1S/C19H22N8O2/c1-2-18(12-20)7-9-26(16(18)29)14-4-8-22-17(25-14)24-13-10-23-27(11-13)19(15(21)28)5-3-6-19/h4,8,10-11H,2-3,5-7,9H2,1H3,(H2,21,28)(H,22,24,25)/t18-/m1/s1. The summed E-state index contributed by atoms with van der Waals surface area (Å²) in [6.07, 6.45) is 8.06. The predicted octanol–water partition coefficient (Wildman–Crippen LogP) is 1.44. The van der Waals surface area contributed by atoms with Crippen LogP contribution in [0, 0.1) is 16.7 Å². The van der Waals surface area contributed by atoms with E-state index < -0.39 is 11.0 Å². The fourth-order valence-corrected chi connectivity index (χ4v) is 3.91. The molecule has 2 fully saturated rings. The topological polar surface area (TPSA) is 143 Å². The third-order valence-corrected chi connectivity index (χ3v) is 6.07. The van der Waals surface area contributed by atoms with E-state index in [4.69, 9.17) is 5.73 Å². The maximum Gasteiger partial charge on any atom is 0.248 e. The molecule has 0 unspecified atom stereocenters. The fraction of sp³-hybridized carbons (Fsp3) is 0.474. The van der Waals surface area contributed by atoms with E-state index >= 15 is 0 Å². The summed E-state index contributed by atoms with van der Waals surface area (Å²) in [4.78, 5) is 34.7. The van der Waals surface area contributed by atoms with Crippen LogP contribution in [0.15, 0.2) is 24.7 Å². The van der Waals surface area contributed by atoms with Crippen LogP contribution >= 0.6 is 0 Å². The Hall–Kier alpha value is -3.48. The van der Waals surface area contributed by atoms with Crippen LogP contribution in [0.3, 0.4) is 0 Å². The SMILES string of the molecule is CC[C@]1(C#N)CCN(c2ccnc(Nc3cnn(C4(C(N)=O)CCC4)c3)n2)C1=O. The quantitative estimate of drug-likeness (QED) is 0.754. The monoisotopic (exact) mass is 394 g/mol. The molecule has 2 aromatic heterocycles. The fourth-order valence-electron chi connectivity index (χ4n) is 3.91. The van der Waals surface area contributed by atoms with E-state index in [1.165, 1.54) is 4.90 Å². The van der Waals surface area contributed by atoms with Crippen molar-refractivity contribution in [1.29, 1.82) is 5.26 Å². The largest absolute Gasteiger partial charge is 0.368 e. The van der Waals surface area contributed by atoms with Crippen molar-refractivity contribution < 1.29 is 9.59 Å². The molecule has 2 aliphatic rings. The van der Waals surface area contributed by atoms with Gasteiger partial charge in [-0.2, -0.15) is 15.3 Å². The number of hydrogen-bond acceptors (Lipinski definition) is 7. The van der Waals surface area contributed by atoms with Crippen LogP contribution in [0.25, 0.3) is 0 Å². The molecule has 0 radical (unpaired) electrons. The molecule has 1 saturated heterocycles. The van der Waals surface area contributed by atoms with Crippen molar-refractivity contribution in [3.8, 4) is 6.07 Å². The first-order valence-electron chi connectivity index (χ1n) is 9.62. The van der Waals surface area contributed by atoms with Crippen LogP contribution in [-0.2, 0) is 15.1 Å². The van der Waals surface area contributed by atoms with Crippen LogP contribution < -0.4 is 16.0 Å². The third-order valence-electron chi connectivity index (χ3n) is 6.07. The normalized spacial score (nSPS) is 22.8. The van der Waals surface area contributed by atoms with Gasteiger partial charge in [0, 0.05) is 18.9 Å². The first kappa shape index (κ1) is 18.9. The molecule has 4 rings (SSSR count). The van der Waals surface area contributed by atoms with Gasteiger partial charge in [0.05, 0.1) is 18.0 Å². The molecule has 1 aliphatic heterocycles. The molecule has 0 aromatic carbocycles. The molecule has 0 spiro atoms. The zero-order chi connectivity index (χ0) is 20.6. The number of carbonyl (C=O) groups excluding carboxylic acids is 2. The number of carbonyl (C=O) groups is 2. The Kier molecular flexibility index (Phi) is 4.45. The highest BCUT2D eigenvalue weighted by molar-refractivity contribution is 6.01. The summed E-state index contributed by atoms with van der Waals surface area (Å²) < 4.78 is 1.59. The molecule has 0 bridgehead atoms. The van der Waals surface area contributed by atoms with E-state index in [0.717, 1.165) is 6.42 Å². The van der Waals surface area contributed by atoms with Crippen LogP contribution in [-0.4, -0.2) is 38.1 Å². The van der Waals surface area contributed by atoms with Gasteiger partial charge in [-0.05, 0) is 38.2 Å². The van der Waals surface area contributed by atoms with Gasteiger partial charge < -0.3 is 11.1 Å². The van der Waals surface area contributed by atoms with E-state index in [2.05, 4.69) is 26.5 Å². The molecule has 2 amide bonds. The van der Waals surface area contributed by atoms with Crippen molar-refractivity contribution >= 4 is 29.3 Å². The lowest BCUT2D eigenvalue weighted by Crippen LogP contribution is -2.51. The van der Waals surface area contributed by atoms with E-state index in [-0.39, 0.29) is 11.8 Å². The van der Waals surface area contributed by atoms with Crippen LogP contribution in [0.2, 0.25) is 0 Å². The van der Waals surface area contributed by atoms with Gasteiger partial charge in [-0.15, -0.1) is 0 Å². The number of rotatable bonds is 6. The molecular weight excluding hydrogens is 372 g/mol. The van der Waals surface area contributed by atoms with Crippen LogP contribution in [0.5, 0.6) is 0 Å². The Morgan fingerprint density at radius 3 is 2.79 bits per heavy atom. The lowest BCUT2D eigenvalue weighted by molar-refractivity contribution is -0.131. The molecular formula is C19H22N8O2. The van der Waals surface area contributed by atoms with E-state index in [1.807, 2.05) is 6.92 Å². The van der Waals surface area contributed by atoms with Gasteiger partial charge in [0.15, 0.2) is 0 Å². The van der Waals surface area contributed by atoms with Crippen molar-refractivity contribution in [3.63, 3.8) is 0 Å². The molecule has 10 heteroatoms. The van der Waals surface area contributed by atoms with Gasteiger partial charge in [-0.3, -0.25) is 19.2 Å². The Morgan fingerprint density at radius 2 is 2.21 bits per heavy atom. The summed E-state index contributed by atoms with van der Waals surface area (Å²) in [5, 5.41) is 16.8.